The summed E-state index contributed by atoms with van der Waals surface area (Å²) in [5.74, 6) is 0.712. The van der Waals surface area contributed by atoms with Crippen LogP contribution in [0.15, 0.2) is 0 Å². The molecule has 0 aromatic heterocycles. The number of likely N-dealkylation sites (N-methyl/N-ethyl adjacent to an activating group) is 1. The lowest BCUT2D eigenvalue weighted by Gasteiger charge is -2.34. The van der Waals surface area contributed by atoms with E-state index in [-0.39, 0.29) is 5.91 Å². The molecule has 1 aromatic rings. The van der Waals surface area contributed by atoms with Gasteiger partial charge in [0.05, 0.1) is 5.69 Å². The molecule has 1 heterocycles. The quantitative estimate of drug-likeness (QED) is 0.698. The molecule has 0 radical (unpaired) electrons. The predicted molar refractivity (Wildman–Crippen MR) is 68.6 cm³/mol. The molecule has 0 bridgehead atoms. The summed E-state index contributed by atoms with van der Waals surface area (Å²) in [5.41, 5.74) is 10.6. The maximum atomic E-state index is 11.9. The molecule has 1 aliphatic heterocycles. The minimum Gasteiger partial charge on any atom is -0.478 e. The van der Waals surface area contributed by atoms with Crippen LogP contribution in [0.25, 0.3) is 0 Å². The molecular formula is C13H18N2O2. The van der Waals surface area contributed by atoms with E-state index in [1.807, 2.05) is 20.8 Å². The SMILES string of the molecule is Cc1c(C)c2c(c(C)c1N)OC(C)C(=O)N2C. The van der Waals surface area contributed by atoms with Gasteiger partial charge in [-0.25, -0.2) is 0 Å². The average Bonchev–Trinajstić information content (AvgIpc) is 2.30. The molecule has 1 aliphatic rings. The summed E-state index contributed by atoms with van der Waals surface area (Å²) in [6.07, 6.45) is -0.451. The first-order valence-electron chi connectivity index (χ1n) is 5.69. The number of carbonyl (C=O) groups excluding carboxylic acids is 1. The van der Waals surface area contributed by atoms with E-state index in [0.29, 0.717) is 0 Å². The van der Waals surface area contributed by atoms with Crippen molar-refractivity contribution in [2.45, 2.75) is 33.8 Å². The summed E-state index contributed by atoms with van der Waals surface area (Å²) in [4.78, 5) is 13.6. The highest BCUT2D eigenvalue weighted by Crippen LogP contribution is 2.43. The first-order chi connectivity index (χ1) is 7.86. The van der Waals surface area contributed by atoms with Crippen molar-refractivity contribution in [3.8, 4) is 5.75 Å². The molecule has 17 heavy (non-hydrogen) atoms. The number of ether oxygens (including phenoxy) is 1. The standard InChI is InChI=1S/C13H18N2O2/c1-6-7(2)11-12(8(3)10(6)14)17-9(4)13(16)15(11)5/h9H,14H2,1-5H3. The van der Waals surface area contributed by atoms with Crippen LogP contribution in [-0.2, 0) is 4.79 Å². The number of rotatable bonds is 0. The normalized spacial score (nSPS) is 19.0. The largest absolute Gasteiger partial charge is 0.478 e. The molecule has 92 valence electrons. The minimum absolute atomic E-state index is 0.0239. The van der Waals surface area contributed by atoms with E-state index in [1.54, 1.807) is 18.9 Å². The van der Waals surface area contributed by atoms with Crippen LogP contribution in [0.2, 0.25) is 0 Å². The number of hydrogen-bond donors (Lipinski definition) is 1. The first-order valence-corrected chi connectivity index (χ1v) is 5.69. The van der Waals surface area contributed by atoms with Crippen molar-refractivity contribution >= 4 is 17.3 Å². The van der Waals surface area contributed by atoms with Gasteiger partial charge in [-0.05, 0) is 38.8 Å². The summed E-state index contributed by atoms with van der Waals surface area (Å²) >= 11 is 0. The molecule has 0 spiro atoms. The molecule has 1 aromatic carbocycles. The van der Waals surface area contributed by atoms with Crippen LogP contribution in [0.1, 0.15) is 23.6 Å². The molecule has 0 saturated carbocycles. The van der Waals surface area contributed by atoms with Crippen LogP contribution in [-0.4, -0.2) is 19.1 Å². The van der Waals surface area contributed by atoms with E-state index in [1.165, 1.54) is 0 Å². The maximum Gasteiger partial charge on any atom is 0.267 e. The van der Waals surface area contributed by atoms with Crippen molar-refractivity contribution in [1.29, 1.82) is 0 Å². The van der Waals surface area contributed by atoms with Gasteiger partial charge in [-0.2, -0.15) is 0 Å². The number of carbonyl (C=O) groups is 1. The third kappa shape index (κ3) is 1.47. The lowest BCUT2D eigenvalue weighted by molar-refractivity contribution is -0.125. The third-order valence-corrected chi connectivity index (χ3v) is 3.59. The maximum absolute atomic E-state index is 11.9. The molecular weight excluding hydrogens is 216 g/mol. The molecule has 2 rings (SSSR count). The zero-order chi connectivity index (χ0) is 12.9. The minimum atomic E-state index is -0.451. The highest BCUT2D eigenvalue weighted by molar-refractivity contribution is 6.01. The van der Waals surface area contributed by atoms with Gasteiger partial charge in [0.2, 0.25) is 0 Å². The van der Waals surface area contributed by atoms with Gasteiger partial charge >= 0.3 is 0 Å². The van der Waals surface area contributed by atoms with Crippen LogP contribution in [0.5, 0.6) is 5.75 Å². The Morgan fingerprint density at radius 3 is 2.35 bits per heavy atom. The number of fused-ring (bicyclic) bond motifs is 1. The van der Waals surface area contributed by atoms with Crippen molar-refractivity contribution in [2.24, 2.45) is 0 Å². The van der Waals surface area contributed by atoms with E-state index in [0.717, 1.165) is 33.8 Å². The Labute approximate surface area is 101 Å². The number of nitrogen functional groups attached to an aromatic ring is 1. The Kier molecular flexibility index (Phi) is 2.53. The van der Waals surface area contributed by atoms with Gasteiger partial charge in [0.25, 0.3) is 5.91 Å². The highest BCUT2D eigenvalue weighted by Gasteiger charge is 2.32. The van der Waals surface area contributed by atoms with Crippen LogP contribution >= 0.6 is 0 Å². The number of amides is 1. The Hall–Kier alpha value is -1.71. The Bertz CT molecular complexity index is 509. The second-order valence-corrected chi connectivity index (χ2v) is 4.62. The molecule has 4 heteroatoms. The molecule has 0 saturated heterocycles. The number of nitrogens with two attached hydrogens (primary N) is 1. The van der Waals surface area contributed by atoms with E-state index >= 15 is 0 Å². The van der Waals surface area contributed by atoms with E-state index in [2.05, 4.69) is 0 Å². The molecule has 0 fully saturated rings. The van der Waals surface area contributed by atoms with Crippen molar-refractivity contribution in [2.75, 3.05) is 17.7 Å². The fourth-order valence-corrected chi connectivity index (χ4v) is 2.29. The van der Waals surface area contributed by atoms with Gasteiger partial charge in [0, 0.05) is 18.3 Å². The first kappa shape index (κ1) is 11.8. The number of benzene rings is 1. The van der Waals surface area contributed by atoms with Crippen molar-refractivity contribution < 1.29 is 9.53 Å². The Morgan fingerprint density at radius 1 is 1.18 bits per heavy atom. The number of nitrogens with zero attached hydrogens (tertiary/aromatic N) is 1. The second kappa shape index (κ2) is 3.65. The van der Waals surface area contributed by atoms with Crippen molar-refractivity contribution in [3.05, 3.63) is 16.7 Å². The van der Waals surface area contributed by atoms with E-state index < -0.39 is 6.10 Å². The van der Waals surface area contributed by atoms with Gasteiger partial charge in [-0.15, -0.1) is 0 Å². The average molecular weight is 234 g/mol. The Morgan fingerprint density at radius 2 is 1.76 bits per heavy atom. The van der Waals surface area contributed by atoms with Crippen molar-refractivity contribution in [1.82, 2.24) is 0 Å². The fraction of sp³-hybridized carbons (Fsp3) is 0.462. The van der Waals surface area contributed by atoms with Crippen LogP contribution in [0.3, 0.4) is 0 Å². The predicted octanol–water partition coefficient (Wildman–Crippen LogP) is 1.94. The summed E-state index contributed by atoms with van der Waals surface area (Å²) in [6, 6.07) is 0. The highest BCUT2D eigenvalue weighted by atomic mass is 16.5. The molecule has 2 N–H and O–H groups in total. The molecule has 1 atom stereocenters. The van der Waals surface area contributed by atoms with Crippen molar-refractivity contribution in [3.63, 3.8) is 0 Å². The van der Waals surface area contributed by atoms with Crippen LogP contribution < -0.4 is 15.4 Å². The lowest BCUT2D eigenvalue weighted by Crippen LogP contribution is -2.42. The zero-order valence-electron chi connectivity index (χ0n) is 10.9. The summed E-state index contributed by atoms with van der Waals surface area (Å²) < 4.78 is 5.69. The van der Waals surface area contributed by atoms with Gasteiger partial charge in [0.1, 0.15) is 5.75 Å². The lowest BCUT2D eigenvalue weighted by atomic mass is 9.98. The summed E-state index contributed by atoms with van der Waals surface area (Å²) in [5, 5.41) is 0. The topological polar surface area (TPSA) is 55.6 Å². The number of anilines is 2. The van der Waals surface area contributed by atoms with Crippen LogP contribution in [0, 0.1) is 20.8 Å². The fourth-order valence-electron chi connectivity index (χ4n) is 2.29. The number of hydrogen-bond acceptors (Lipinski definition) is 3. The molecule has 0 aliphatic carbocycles. The molecule has 1 amide bonds. The van der Waals surface area contributed by atoms with E-state index in [4.69, 9.17) is 10.5 Å². The Balaban J connectivity index is 2.77. The van der Waals surface area contributed by atoms with Gasteiger partial charge in [-0.3, -0.25) is 4.79 Å². The molecule has 1 unspecified atom stereocenters. The zero-order valence-corrected chi connectivity index (χ0v) is 10.9. The van der Waals surface area contributed by atoms with Gasteiger partial charge in [0.15, 0.2) is 6.10 Å². The smallest absolute Gasteiger partial charge is 0.267 e. The van der Waals surface area contributed by atoms with Gasteiger partial charge in [-0.1, -0.05) is 0 Å². The summed E-state index contributed by atoms with van der Waals surface area (Å²) in [6.45, 7) is 7.62. The summed E-state index contributed by atoms with van der Waals surface area (Å²) in [7, 11) is 1.78. The second-order valence-electron chi connectivity index (χ2n) is 4.62. The monoisotopic (exact) mass is 234 g/mol. The third-order valence-electron chi connectivity index (χ3n) is 3.59. The van der Waals surface area contributed by atoms with E-state index in [9.17, 15) is 4.79 Å². The van der Waals surface area contributed by atoms with Gasteiger partial charge < -0.3 is 15.4 Å². The molecule has 4 nitrogen and oxygen atoms in total. The van der Waals surface area contributed by atoms with Crippen LogP contribution in [0.4, 0.5) is 11.4 Å².